The molecule has 10 heteroatoms. The van der Waals surface area contributed by atoms with E-state index < -0.39 is 24.0 Å². The molecule has 2 atom stereocenters. The number of aromatic carboxylic acids is 3. The largest absolute Gasteiger partial charge is 0.478 e. The lowest BCUT2D eigenvalue weighted by atomic mass is 9.93. The average molecular weight is 614 g/mol. The second-order valence-electron chi connectivity index (χ2n) is 11.4. The van der Waals surface area contributed by atoms with E-state index in [1.165, 1.54) is 69.6 Å². The van der Waals surface area contributed by atoms with Crippen LogP contribution in [0.3, 0.4) is 0 Å². The zero-order chi connectivity index (χ0) is 32.5. The van der Waals surface area contributed by atoms with E-state index in [-0.39, 0.29) is 52.1 Å². The van der Waals surface area contributed by atoms with Crippen LogP contribution in [0.1, 0.15) is 135 Å². The molecule has 0 fully saturated rings. The molecule has 2 aromatic rings. The first-order valence-corrected chi connectivity index (χ1v) is 15.7. The van der Waals surface area contributed by atoms with Crippen molar-refractivity contribution in [2.75, 3.05) is 5.32 Å². The van der Waals surface area contributed by atoms with Crippen molar-refractivity contribution in [3.63, 3.8) is 0 Å². The highest BCUT2D eigenvalue weighted by Crippen LogP contribution is 2.32. The van der Waals surface area contributed by atoms with E-state index in [1.807, 2.05) is 0 Å². The van der Waals surface area contributed by atoms with Gasteiger partial charge in [-0.25, -0.2) is 14.4 Å². The van der Waals surface area contributed by atoms with E-state index in [9.17, 15) is 39.6 Å². The van der Waals surface area contributed by atoms with Crippen molar-refractivity contribution in [2.45, 2.75) is 110 Å². The molecule has 2 rings (SSSR count). The number of ether oxygens (including phenoxy) is 1. The van der Waals surface area contributed by atoms with Gasteiger partial charge in [0.05, 0.1) is 28.5 Å². The number of rotatable bonds is 22. The van der Waals surface area contributed by atoms with Gasteiger partial charge in [0.15, 0.2) is 5.75 Å². The lowest BCUT2D eigenvalue weighted by Crippen LogP contribution is -2.18. The molecule has 0 heterocycles. The molecule has 242 valence electrons. The number of amides is 1. The molecule has 10 nitrogen and oxygen atoms in total. The monoisotopic (exact) mass is 613 g/mol. The standard InChI is InChI=1S/C34H47NO9/c1-3-4-5-6-7-8-9-10-11-14-23(2)29(36)15-12-13-16-31(37)35-28-22-24(32(38)39)17-18-30(28)44-27-20-25(33(40)41)19-26(21-27)34(42)43/h17-23,29,36H,3-16H2,1-2H3,(H,35,37)(H,38,39)(H,40,41)(H,42,43). The Morgan fingerprint density at radius 3 is 1.82 bits per heavy atom. The Kier molecular flexibility index (Phi) is 16.0. The van der Waals surface area contributed by atoms with Crippen LogP contribution in [0, 0.1) is 5.92 Å². The Labute approximate surface area is 259 Å². The van der Waals surface area contributed by atoms with Crippen molar-refractivity contribution in [3.05, 3.63) is 53.1 Å². The second kappa shape index (κ2) is 19.4. The molecule has 0 bridgehead atoms. The highest BCUT2D eigenvalue weighted by molar-refractivity contribution is 5.96. The maximum absolute atomic E-state index is 12.7. The summed E-state index contributed by atoms with van der Waals surface area (Å²) in [6.45, 7) is 4.28. The van der Waals surface area contributed by atoms with Gasteiger partial charge in [-0.15, -0.1) is 0 Å². The Hall–Kier alpha value is -3.92. The van der Waals surface area contributed by atoms with Crippen molar-refractivity contribution >= 4 is 29.5 Å². The number of aliphatic hydroxyl groups is 1. The van der Waals surface area contributed by atoms with Gasteiger partial charge in [0.25, 0.3) is 0 Å². The number of nitrogens with one attached hydrogen (secondary N) is 1. The quantitative estimate of drug-likeness (QED) is 0.0825. The zero-order valence-corrected chi connectivity index (χ0v) is 25.8. The molecule has 0 saturated carbocycles. The fourth-order valence-electron chi connectivity index (χ4n) is 4.99. The first-order chi connectivity index (χ1) is 21.0. The smallest absolute Gasteiger partial charge is 0.335 e. The number of hydrogen-bond acceptors (Lipinski definition) is 6. The molecule has 2 unspecified atom stereocenters. The van der Waals surface area contributed by atoms with Crippen LogP contribution in [0.5, 0.6) is 11.5 Å². The number of carbonyl (C=O) groups excluding carboxylic acids is 1. The minimum atomic E-state index is -1.35. The fourth-order valence-corrected chi connectivity index (χ4v) is 4.99. The normalized spacial score (nSPS) is 12.3. The van der Waals surface area contributed by atoms with Crippen molar-refractivity contribution in [1.82, 2.24) is 0 Å². The summed E-state index contributed by atoms with van der Waals surface area (Å²) in [5.41, 5.74) is -0.681. The van der Waals surface area contributed by atoms with Crippen LogP contribution in [0.4, 0.5) is 5.69 Å². The third kappa shape index (κ3) is 13.2. The van der Waals surface area contributed by atoms with Crippen LogP contribution in [0.25, 0.3) is 0 Å². The van der Waals surface area contributed by atoms with Crippen molar-refractivity contribution in [3.8, 4) is 11.5 Å². The number of unbranched alkanes of at least 4 members (excludes halogenated alkanes) is 9. The van der Waals surface area contributed by atoms with Crippen LogP contribution in [0.2, 0.25) is 0 Å². The third-order valence-corrected chi connectivity index (χ3v) is 7.70. The summed E-state index contributed by atoms with van der Waals surface area (Å²) in [5.74, 6) is -4.22. The van der Waals surface area contributed by atoms with E-state index in [1.54, 1.807) is 0 Å². The Bertz CT molecular complexity index is 1210. The molecule has 0 saturated heterocycles. The predicted octanol–water partition coefficient (Wildman–Crippen LogP) is 7.99. The minimum Gasteiger partial charge on any atom is -0.478 e. The molecule has 1 amide bonds. The zero-order valence-electron chi connectivity index (χ0n) is 25.8. The van der Waals surface area contributed by atoms with Crippen LogP contribution < -0.4 is 10.1 Å². The summed E-state index contributed by atoms with van der Waals surface area (Å²) in [6, 6.07) is 7.03. The van der Waals surface area contributed by atoms with Crippen LogP contribution >= 0.6 is 0 Å². The summed E-state index contributed by atoms with van der Waals surface area (Å²) >= 11 is 0. The highest BCUT2D eigenvalue weighted by Gasteiger charge is 2.17. The summed E-state index contributed by atoms with van der Waals surface area (Å²) in [4.78, 5) is 47.2. The van der Waals surface area contributed by atoms with E-state index in [0.29, 0.717) is 19.3 Å². The fraction of sp³-hybridized carbons (Fsp3) is 0.529. The lowest BCUT2D eigenvalue weighted by molar-refractivity contribution is -0.116. The number of aliphatic hydroxyl groups excluding tert-OH is 1. The van der Waals surface area contributed by atoms with Gasteiger partial charge >= 0.3 is 17.9 Å². The van der Waals surface area contributed by atoms with Crippen LogP contribution in [-0.4, -0.2) is 50.3 Å². The van der Waals surface area contributed by atoms with Gasteiger partial charge in [-0.3, -0.25) is 4.79 Å². The molecule has 0 aliphatic carbocycles. The Morgan fingerprint density at radius 1 is 0.705 bits per heavy atom. The lowest BCUT2D eigenvalue weighted by Gasteiger charge is -2.18. The summed E-state index contributed by atoms with van der Waals surface area (Å²) < 4.78 is 5.72. The molecule has 0 aliphatic heterocycles. The third-order valence-electron chi connectivity index (χ3n) is 7.70. The van der Waals surface area contributed by atoms with Gasteiger partial charge in [0.1, 0.15) is 5.75 Å². The Morgan fingerprint density at radius 2 is 1.25 bits per heavy atom. The summed E-state index contributed by atoms with van der Waals surface area (Å²) in [7, 11) is 0. The van der Waals surface area contributed by atoms with E-state index >= 15 is 0 Å². The molecule has 0 aromatic heterocycles. The molecule has 44 heavy (non-hydrogen) atoms. The highest BCUT2D eigenvalue weighted by atomic mass is 16.5. The average Bonchev–Trinajstić information content (AvgIpc) is 2.98. The van der Waals surface area contributed by atoms with Crippen LogP contribution in [-0.2, 0) is 4.79 Å². The first kappa shape index (κ1) is 36.3. The second-order valence-corrected chi connectivity index (χ2v) is 11.4. The van der Waals surface area contributed by atoms with Gasteiger partial charge in [0.2, 0.25) is 5.91 Å². The molecular weight excluding hydrogens is 566 g/mol. The maximum Gasteiger partial charge on any atom is 0.335 e. The van der Waals surface area contributed by atoms with Crippen molar-refractivity contribution in [2.24, 2.45) is 5.92 Å². The van der Waals surface area contributed by atoms with Gasteiger partial charge < -0.3 is 30.5 Å². The number of carboxylic acid groups (broad SMARTS) is 3. The van der Waals surface area contributed by atoms with Crippen molar-refractivity contribution in [1.29, 1.82) is 0 Å². The molecule has 0 spiro atoms. The summed E-state index contributed by atoms with van der Waals surface area (Å²) in [5, 5.41) is 41.3. The number of carboxylic acids is 3. The molecular formula is C34H47NO9. The Balaban J connectivity index is 1.86. The summed E-state index contributed by atoms with van der Waals surface area (Å²) in [6.07, 6.45) is 13.8. The molecule has 2 aromatic carbocycles. The maximum atomic E-state index is 12.7. The number of hydrogen-bond donors (Lipinski definition) is 5. The van der Waals surface area contributed by atoms with Crippen molar-refractivity contribution < 1.29 is 44.3 Å². The molecule has 0 radical (unpaired) electrons. The predicted molar refractivity (Wildman–Crippen MR) is 168 cm³/mol. The van der Waals surface area contributed by atoms with E-state index in [0.717, 1.165) is 31.0 Å². The molecule has 0 aliphatic rings. The van der Waals surface area contributed by atoms with E-state index in [2.05, 4.69) is 19.2 Å². The first-order valence-electron chi connectivity index (χ1n) is 15.7. The number of carbonyl (C=O) groups is 4. The topological polar surface area (TPSA) is 170 Å². The number of anilines is 1. The van der Waals surface area contributed by atoms with Gasteiger partial charge in [0, 0.05) is 6.42 Å². The van der Waals surface area contributed by atoms with Gasteiger partial charge in [-0.05, 0) is 61.6 Å². The number of benzene rings is 2. The SMILES string of the molecule is CCCCCCCCCCCC(C)C(O)CCCCC(=O)Nc1cc(C(=O)O)ccc1Oc1cc(C(=O)O)cc(C(=O)O)c1. The van der Waals surface area contributed by atoms with Crippen LogP contribution in [0.15, 0.2) is 36.4 Å². The minimum absolute atomic E-state index is 0.0166. The molecule has 5 N–H and O–H groups in total. The van der Waals surface area contributed by atoms with E-state index in [4.69, 9.17) is 4.74 Å². The van der Waals surface area contributed by atoms with Gasteiger partial charge in [-0.2, -0.15) is 0 Å². The van der Waals surface area contributed by atoms with Gasteiger partial charge in [-0.1, -0.05) is 78.1 Å².